The Balaban J connectivity index is 3.48. The van der Waals surface area contributed by atoms with Crippen LogP contribution in [0.2, 0.25) is 0 Å². The number of nitrogens with one attached hydrogen (secondary N) is 6. The number of rotatable bonds is 34. The van der Waals surface area contributed by atoms with Crippen molar-refractivity contribution in [3.8, 4) is 0 Å². The van der Waals surface area contributed by atoms with Crippen LogP contribution in [-0.4, -0.2) is 132 Å². The summed E-state index contributed by atoms with van der Waals surface area (Å²) in [6, 6.07) is 1.78. The van der Waals surface area contributed by atoms with Crippen molar-refractivity contribution >= 4 is 71.0 Å². The van der Waals surface area contributed by atoms with Crippen LogP contribution in [0.25, 0.3) is 0 Å². The van der Waals surface area contributed by atoms with Crippen LogP contribution in [0.4, 0.5) is 0 Å². The second-order valence-electron chi connectivity index (χ2n) is 16.6. The number of aliphatic imine (C=N–C) groups is 2. The van der Waals surface area contributed by atoms with Gasteiger partial charge in [0.05, 0.1) is 6.42 Å². The van der Waals surface area contributed by atoms with Gasteiger partial charge in [-0.05, 0) is 87.8 Å². The fourth-order valence-corrected chi connectivity index (χ4v) is 7.09. The number of carboxylic acid groups (broad SMARTS) is 1. The number of carboxylic acids is 1. The molecule has 7 atom stereocenters. The smallest absolute Gasteiger partial charge is 0.304 e. The van der Waals surface area contributed by atoms with E-state index in [0.29, 0.717) is 25.1 Å². The maximum atomic E-state index is 14.2. The molecular formula is C43H74N14O9S. The molecule has 0 unspecified atom stereocenters. The number of aliphatic carboxylic acids is 1. The number of carbonyl (C=O) groups excluding carboxylic acids is 7. The number of nitrogens with two attached hydrogens (primary N) is 6. The van der Waals surface area contributed by atoms with Crippen molar-refractivity contribution in [2.24, 2.45) is 56.2 Å². The average molecular weight is 963 g/mol. The van der Waals surface area contributed by atoms with Crippen LogP contribution in [-0.2, 0) is 44.8 Å². The molecule has 0 aliphatic rings. The third-order valence-corrected chi connectivity index (χ3v) is 10.8. The molecule has 67 heavy (non-hydrogen) atoms. The predicted octanol–water partition coefficient (Wildman–Crippen LogP) is -2.23. The van der Waals surface area contributed by atoms with Crippen molar-refractivity contribution in [3.05, 3.63) is 35.9 Å². The number of primary amides is 1. The summed E-state index contributed by atoms with van der Waals surface area (Å²) in [6.07, 6.45) is 3.15. The Bertz CT molecular complexity index is 1810. The van der Waals surface area contributed by atoms with Gasteiger partial charge < -0.3 is 71.4 Å². The molecule has 1 rings (SSSR count). The van der Waals surface area contributed by atoms with Crippen LogP contribution >= 0.6 is 11.8 Å². The Hall–Kier alpha value is -6.17. The Kier molecular flexibility index (Phi) is 28.5. The first-order chi connectivity index (χ1) is 31.7. The number of hydrogen-bond acceptors (Lipinski definition) is 12. The van der Waals surface area contributed by atoms with E-state index in [1.165, 1.54) is 18.7 Å². The lowest BCUT2D eigenvalue weighted by atomic mass is 10.0. The number of hydrogen-bond donors (Lipinski definition) is 13. The van der Waals surface area contributed by atoms with Crippen molar-refractivity contribution < 1.29 is 43.5 Å². The third-order valence-electron chi connectivity index (χ3n) is 10.2. The highest BCUT2D eigenvalue weighted by molar-refractivity contribution is 7.98. The highest BCUT2D eigenvalue weighted by Gasteiger charge is 2.34. The average Bonchev–Trinajstić information content (AvgIpc) is 3.25. The molecule has 0 spiro atoms. The summed E-state index contributed by atoms with van der Waals surface area (Å²) in [4.78, 5) is 114. The van der Waals surface area contributed by atoms with Gasteiger partial charge in [0.1, 0.15) is 36.3 Å². The first kappa shape index (κ1) is 58.8. The summed E-state index contributed by atoms with van der Waals surface area (Å²) >= 11 is 1.43. The Labute approximate surface area is 396 Å². The standard InChI is InChI=1S/C43H74N14O9S/c1-25(2)22-33(57-39(64)29(15-10-19-50-42(46)47)52-36(61)26(3)23-34(58)59)41(66)54-30(16-11-20-51-43(48)49)38(63)53-28(14-8-9-18-44)37(62)55-31(17-21-67-4)40(65)56-32(35(45)60)24-27-12-6-5-7-13-27/h5-7,12-13,25-26,28-33H,8-11,14-24,44H2,1-4H3,(H2,45,60)(H,52,61)(H,53,63)(H,54,66)(H,55,62)(H,56,65)(H,57,64)(H,58,59)(H4,46,47,50)(H4,48,49,51)/t26-,28-,29-,30-,31-,32-,33-/m0/s1. The normalized spacial score (nSPS) is 14.1. The third kappa shape index (κ3) is 25.4. The summed E-state index contributed by atoms with van der Waals surface area (Å²) in [5, 5.41) is 25.3. The second-order valence-corrected chi connectivity index (χ2v) is 17.5. The van der Waals surface area contributed by atoms with Crippen molar-refractivity contribution in [3.63, 3.8) is 0 Å². The topological polar surface area (TPSA) is 410 Å². The molecule has 0 bridgehead atoms. The van der Waals surface area contributed by atoms with Gasteiger partial charge in [-0.2, -0.15) is 11.8 Å². The summed E-state index contributed by atoms with van der Waals surface area (Å²) in [7, 11) is 0. The van der Waals surface area contributed by atoms with Crippen molar-refractivity contribution in [2.75, 3.05) is 31.6 Å². The number of thioether (sulfide) groups is 1. The Morgan fingerprint density at radius 3 is 1.42 bits per heavy atom. The monoisotopic (exact) mass is 963 g/mol. The second kappa shape index (κ2) is 32.5. The van der Waals surface area contributed by atoms with Gasteiger partial charge in [0.25, 0.3) is 0 Å². The first-order valence-corrected chi connectivity index (χ1v) is 23.7. The number of unbranched alkanes of at least 4 members (excludes halogenated alkanes) is 1. The van der Waals surface area contributed by atoms with Gasteiger partial charge in [-0.15, -0.1) is 0 Å². The number of guanidine groups is 2. The molecule has 0 saturated carbocycles. The first-order valence-electron chi connectivity index (χ1n) is 22.4. The lowest BCUT2D eigenvalue weighted by Crippen LogP contribution is -2.60. The Morgan fingerprint density at radius 2 is 1.00 bits per heavy atom. The van der Waals surface area contributed by atoms with E-state index in [4.69, 9.17) is 34.4 Å². The Morgan fingerprint density at radius 1 is 0.582 bits per heavy atom. The number of amides is 7. The van der Waals surface area contributed by atoms with E-state index < -0.39 is 95.9 Å². The molecule has 0 fully saturated rings. The van der Waals surface area contributed by atoms with Gasteiger partial charge in [0.15, 0.2) is 11.9 Å². The lowest BCUT2D eigenvalue weighted by Gasteiger charge is -2.28. The number of carbonyl (C=O) groups is 8. The summed E-state index contributed by atoms with van der Waals surface area (Å²) in [5.74, 6) is -7.39. The molecule has 376 valence electrons. The maximum Gasteiger partial charge on any atom is 0.304 e. The van der Waals surface area contributed by atoms with Gasteiger partial charge >= 0.3 is 5.97 Å². The molecule has 0 heterocycles. The molecule has 1 aromatic rings. The van der Waals surface area contributed by atoms with E-state index >= 15 is 0 Å². The zero-order valence-corrected chi connectivity index (χ0v) is 39.9. The highest BCUT2D eigenvalue weighted by atomic mass is 32.2. The maximum absolute atomic E-state index is 14.2. The van der Waals surface area contributed by atoms with Crippen LogP contribution in [0.5, 0.6) is 0 Å². The van der Waals surface area contributed by atoms with Crippen molar-refractivity contribution in [1.82, 2.24) is 31.9 Å². The van der Waals surface area contributed by atoms with Crippen molar-refractivity contribution in [2.45, 2.75) is 128 Å². The van der Waals surface area contributed by atoms with E-state index in [9.17, 15) is 43.5 Å². The van der Waals surface area contributed by atoms with Gasteiger partial charge in [-0.3, -0.25) is 48.3 Å². The minimum absolute atomic E-state index is 0.0204. The van der Waals surface area contributed by atoms with E-state index in [2.05, 4.69) is 41.9 Å². The number of nitrogens with zero attached hydrogens (tertiary/aromatic N) is 2. The molecule has 19 N–H and O–H groups in total. The lowest BCUT2D eigenvalue weighted by molar-refractivity contribution is -0.141. The van der Waals surface area contributed by atoms with E-state index in [1.807, 2.05) is 26.2 Å². The van der Waals surface area contributed by atoms with E-state index in [-0.39, 0.29) is 82.3 Å². The molecule has 24 heteroatoms. The molecule has 0 aromatic heterocycles. The molecule has 0 radical (unpaired) electrons. The molecule has 23 nitrogen and oxygen atoms in total. The highest BCUT2D eigenvalue weighted by Crippen LogP contribution is 2.12. The molecular weight excluding hydrogens is 889 g/mol. The molecule has 0 aliphatic carbocycles. The largest absolute Gasteiger partial charge is 0.481 e. The van der Waals surface area contributed by atoms with Gasteiger partial charge in [0, 0.05) is 25.4 Å². The minimum atomic E-state index is -1.30. The fraction of sp³-hybridized carbons (Fsp3) is 0.628. The van der Waals surface area contributed by atoms with Crippen LogP contribution < -0.4 is 66.3 Å². The molecule has 7 amide bonds. The quantitative estimate of drug-likeness (QED) is 0.0198. The van der Waals surface area contributed by atoms with Crippen LogP contribution in [0.3, 0.4) is 0 Å². The zero-order valence-electron chi connectivity index (χ0n) is 39.1. The van der Waals surface area contributed by atoms with Crippen LogP contribution in [0.15, 0.2) is 40.3 Å². The van der Waals surface area contributed by atoms with Gasteiger partial charge in [-0.1, -0.05) is 51.1 Å². The summed E-state index contributed by atoms with van der Waals surface area (Å²) in [6.45, 7) is 5.50. The van der Waals surface area contributed by atoms with Crippen LogP contribution in [0, 0.1) is 11.8 Å². The summed E-state index contributed by atoms with van der Waals surface area (Å²) in [5.41, 5.74) is 34.1. The molecule has 0 aliphatic heterocycles. The van der Waals surface area contributed by atoms with Crippen molar-refractivity contribution in [1.29, 1.82) is 0 Å². The van der Waals surface area contributed by atoms with Crippen LogP contribution in [0.1, 0.15) is 90.5 Å². The fourth-order valence-electron chi connectivity index (χ4n) is 6.62. The van der Waals surface area contributed by atoms with Gasteiger partial charge in [0.2, 0.25) is 41.4 Å². The molecule has 0 saturated heterocycles. The predicted molar refractivity (Wildman–Crippen MR) is 258 cm³/mol. The summed E-state index contributed by atoms with van der Waals surface area (Å²) < 4.78 is 0. The van der Waals surface area contributed by atoms with E-state index in [1.54, 1.807) is 24.3 Å². The zero-order chi connectivity index (χ0) is 50.5. The van der Waals surface area contributed by atoms with Gasteiger partial charge in [-0.25, -0.2) is 0 Å². The minimum Gasteiger partial charge on any atom is -0.481 e. The molecule has 1 aromatic carbocycles. The SMILES string of the molecule is CSCC[C@H](NC(=O)[C@H](CCCCN)NC(=O)[C@H](CCCN=C(N)N)NC(=O)[C@H](CC(C)C)NC(=O)[C@H](CCCN=C(N)N)NC(=O)[C@@H](C)CC(=O)O)C(=O)N[C@@H](Cc1ccccc1)C(N)=O. The number of benzene rings is 1. The van der Waals surface area contributed by atoms with E-state index in [0.717, 1.165) is 5.56 Å².